The number of unbranched alkanes of at least 4 members (excludes halogenated alkanes) is 1. The molecule has 4 nitrogen and oxygen atoms in total. The maximum atomic E-state index is 11.7. The molecule has 21 heavy (non-hydrogen) atoms. The lowest BCUT2D eigenvalue weighted by Gasteiger charge is -2.27. The Morgan fingerprint density at radius 1 is 1.24 bits per heavy atom. The Kier molecular flexibility index (Phi) is 8.93. The van der Waals surface area contributed by atoms with Crippen LogP contribution in [-0.2, 0) is 4.79 Å². The molecule has 2 N–H and O–H groups in total. The Morgan fingerprint density at radius 3 is 2.86 bits per heavy atom. The molecule has 2 saturated heterocycles. The SMILES string of the molecule is O=C(CCCCC1CCSS1)NCCCN1CCNCC1. The molecule has 1 atom stereocenters. The van der Waals surface area contributed by atoms with Gasteiger partial charge in [0.05, 0.1) is 0 Å². The molecule has 2 aliphatic rings. The summed E-state index contributed by atoms with van der Waals surface area (Å²) in [4.78, 5) is 14.2. The smallest absolute Gasteiger partial charge is 0.219 e. The number of amides is 1. The van der Waals surface area contributed by atoms with Gasteiger partial charge in [-0.05, 0) is 32.2 Å². The fourth-order valence-electron chi connectivity index (χ4n) is 2.78. The quantitative estimate of drug-likeness (QED) is 0.500. The first-order valence-electron chi connectivity index (χ1n) is 8.32. The van der Waals surface area contributed by atoms with E-state index in [0.29, 0.717) is 6.42 Å². The molecule has 6 heteroatoms. The van der Waals surface area contributed by atoms with Crippen LogP contribution in [0.4, 0.5) is 0 Å². The number of rotatable bonds is 9. The summed E-state index contributed by atoms with van der Waals surface area (Å²) >= 11 is 0. The topological polar surface area (TPSA) is 44.4 Å². The van der Waals surface area contributed by atoms with Gasteiger partial charge < -0.3 is 15.5 Å². The molecule has 122 valence electrons. The van der Waals surface area contributed by atoms with E-state index < -0.39 is 0 Å². The minimum absolute atomic E-state index is 0.240. The van der Waals surface area contributed by atoms with Crippen molar-refractivity contribution >= 4 is 27.5 Å². The first-order chi connectivity index (χ1) is 10.3. The first kappa shape index (κ1) is 17.4. The average molecular weight is 332 g/mol. The van der Waals surface area contributed by atoms with Crippen LogP contribution in [0.15, 0.2) is 0 Å². The second-order valence-corrected chi connectivity index (χ2v) is 8.66. The van der Waals surface area contributed by atoms with Gasteiger partial charge in [0.2, 0.25) is 5.91 Å². The second-order valence-electron chi connectivity index (χ2n) is 5.87. The molecular weight excluding hydrogens is 302 g/mol. The van der Waals surface area contributed by atoms with Crippen molar-refractivity contribution in [1.82, 2.24) is 15.5 Å². The molecule has 0 radical (unpaired) electrons. The normalized spacial score (nSPS) is 23.3. The lowest BCUT2D eigenvalue weighted by molar-refractivity contribution is -0.121. The highest BCUT2D eigenvalue weighted by Gasteiger charge is 2.15. The van der Waals surface area contributed by atoms with Crippen LogP contribution in [-0.4, -0.2) is 61.1 Å². The Morgan fingerprint density at radius 2 is 2.10 bits per heavy atom. The van der Waals surface area contributed by atoms with Crippen LogP contribution < -0.4 is 10.6 Å². The summed E-state index contributed by atoms with van der Waals surface area (Å²) in [7, 11) is 4.04. The number of piperazine rings is 1. The minimum atomic E-state index is 0.240. The number of carbonyl (C=O) groups excluding carboxylic acids is 1. The minimum Gasteiger partial charge on any atom is -0.356 e. The number of nitrogens with one attached hydrogen (secondary N) is 2. The van der Waals surface area contributed by atoms with Crippen LogP contribution in [0, 0.1) is 0 Å². The van der Waals surface area contributed by atoms with E-state index in [4.69, 9.17) is 0 Å². The summed E-state index contributed by atoms with van der Waals surface area (Å²) in [5.41, 5.74) is 0. The van der Waals surface area contributed by atoms with Gasteiger partial charge in [-0.3, -0.25) is 4.79 Å². The van der Waals surface area contributed by atoms with Gasteiger partial charge in [0, 0.05) is 50.1 Å². The summed E-state index contributed by atoms with van der Waals surface area (Å²) < 4.78 is 0. The van der Waals surface area contributed by atoms with E-state index in [2.05, 4.69) is 15.5 Å². The molecule has 0 spiro atoms. The zero-order valence-electron chi connectivity index (χ0n) is 12.9. The molecule has 2 rings (SSSR count). The van der Waals surface area contributed by atoms with E-state index in [1.807, 2.05) is 21.6 Å². The van der Waals surface area contributed by atoms with Crippen molar-refractivity contribution in [2.24, 2.45) is 0 Å². The predicted molar refractivity (Wildman–Crippen MR) is 93.9 cm³/mol. The molecule has 1 unspecified atom stereocenters. The first-order valence-corrected chi connectivity index (χ1v) is 10.7. The van der Waals surface area contributed by atoms with Crippen LogP contribution >= 0.6 is 21.6 Å². The second kappa shape index (κ2) is 10.8. The Labute approximate surface area is 137 Å². The van der Waals surface area contributed by atoms with Gasteiger partial charge in [-0.15, -0.1) is 0 Å². The lowest BCUT2D eigenvalue weighted by atomic mass is 10.1. The largest absolute Gasteiger partial charge is 0.356 e. The van der Waals surface area contributed by atoms with Crippen molar-refractivity contribution in [2.45, 2.75) is 43.8 Å². The van der Waals surface area contributed by atoms with Gasteiger partial charge in [0.15, 0.2) is 0 Å². The average Bonchev–Trinajstić information content (AvgIpc) is 3.02. The fraction of sp³-hybridized carbons (Fsp3) is 0.933. The van der Waals surface area contributed by atoms with Gasteiger partial charge in [-0.2, -0.15) is 0 Å². The Balaban J connectivity index is 1.38. The third kappa shape index (κ3) is 7.77. The zero-order chi connectivity index (χ0) is 14.8. The molecule has 2 heterocycles. The summed E-state index contributed by atoms with van der Waals surface area (Å²) in [6.07, 6.45) is 6.67. The number of nitrogens with zero attached hydrogens (tertiary/aromatic N) is 1. The molecular formula is C15H29N3OS2. The van der Waals surface area contributed by atoms with Crippen LogP contribution in [0.2, 0.25) is 0 Å². The molecule has 0 aromatic rings. The summed E-state index contributed by atoms with van der Waals surface area (Å²) in [6, 6.07) is 0. The summed E-state index contributed by atoms with van der Waals surface area (Å²) in [5, 5.41) is 7.26. The van der Waals surface area contributed by atoms with Crippen molar-refractivity contribution < 1.29 is 4.79 Å². The van der Waals surface area contributed by atoms with E-state index in [9.17, 15) is 4.79 Å². The van der Waals surface area contributed by atoms with E-state index in [1.165, 1.54) is 25.0 Å². The third-order valence-corrected chi connectivity index (χ3v) is 7.10. The lowest BCUT2D eigenvalue weighted by Crippen LogP contribution is -2.44. The monoisotopic (exact) mass is 331 g/mol. The third-order valence-electron chi connectivity index (χ3n) is 4.09. The van der Waals surface area contributed by atoms with Crippen molar-refractivity contribution in [3.05, 3.63) is 0 Å². The molecule has 0 saturated carbocycles. The van der Waals surface area contributed by atoms with Gasteiger partial charge >= 0.3 is 0 Å². The van der Waals surface area contributed by atoms with Gasteiger partial charge in [0.1, 0.15) is 0 Å². The molecule has 0 aliphatic carbocycles. The van der Waals surface area contributed by atoms with E-state index in [0.717, 1.165) is 57.4 Å². The number of carbonyl (C=O) groups is 1. The molecule has 2 aliphatic heterocycles. The summed E-state index contributed by atoms with van der Waals surface area (Å²) in [5.74, 6) is 1.55. The van der Waals surface area contributed by atoms with Crippen molar-refractivity contribution in [1.29, 1.82) is 0 Å². The maximum Gasteiger partial charge on any atom is 0.219 e. The number of hydrogen-bond donors (Lipinski definition) is 2. The predicted octanol–water partition coefficient (Wildman–Crippen LogP) is 2.11. The Hall–Kier alpha value is 0.0900. The van der Waals surface area contributed by atoms with Crippen LogP contribution in [0.25, 0.3) is 0 Å². The van der Waals surface area contributed by atoms with Crippen molar-refractivity contribution in [2.75, 3.05) is 45.0 Å². The van der Waals surface area contributed by atoms with E-state index >= 15 is 0 Å². The summed E-state index contributed by atoms with van der Waals surface area (Å²) in [6.45, 7) is 6.43. The number of hydrogen-bond acceptors (Lipinski definition) is 5. The molecule has 2 fully saturated rings. The van der Waals surface area contributed by atoms with Crippen LogP contribution in [0.3, 0.4) is 0 Å². The zero-order valence-corrected chi connectivity index (χ0v) is 14.6. The molecule has 0 aromatic carbocycles. The fourth-order valence-corrected chi connectivity index (χ4v) is 5.80. The van der Waals surface area contributed by atoms with E-state index in [1.54, 1.807) is 0 Å². The van der Waals surface area contributed by atoms with Gasteiger partial charge in [-0.1, -0.05) is 28.0 Å². The van der Waals surface area contributed by atoms with E-state index in [-0.39, 0.29) is 5.91 Å². The molecule has 0 aromatic heterocycles. The van der Waals surface area contributed by atoms with Crippen molar-refractivity contribution in [3.8, 4) is 0 Å². The van der Waals surface area contributed by atoms with Crippen LogP contribution in [0.5, 0.6) is 0 Å². The Bertz CT molecular complexity index is 293. The molecule has 1 amide bonds. The maximum absolute atomic E-state index is 11.7. The highest BCUT2D eigenvalue weighted by Crippen LogP contribution is 2.39. The highest BCUT2D eigenvalue weighted by molar-refractivity contribution is 8.77. The standard InChI is InChI=1S/C15H29N3OS2/c19-15(5-2-1-4-14-6-13-20-21-14)17-7-3-10-18-11-8-16-9-12-18/h14,16H,1-13H2,(H,17,19). The van der Waals surface area contributed by atoms with Gasteiger partial charge in [0.25, 0.3) is 0 Å². The van der Waals surface area contributed by atoms with Crippen molar-refractivity contribution in [3.63, 3.8) is 0 Å². The van der Waals surface area contributed by atoms with Crippen LogP contribution in [0.1, 0.15) is 38.5 Å². The molecule has 0 bridgehead atoms. The van der Waals surface area contributed by atoms with Gasteiger partial charge in [-0.25, -0.2) is 0 Å². The highest BCUT2D eigenvalue weighted by atomic mass is 33.1.